The predicted octanol–water partition coefficient (Wildman–Crippen LogP) is 2.69. The van der Waals surface area contributed by atoms with E-state index in [-0.39, 0.29) is 5.56 Å². The first-order valence-corrected chi connectivity index (χ1v) is 6.29. The van der Waals surface area contributed by atoms with E-state index in [1.54, 1.807) is 0 Å². The summed E-state index contributed by atoms with van der Waals surface area (Å²) in [4.78, 5) is 17.1. The van der Waals surface area contributed by atoms with Crippen molar-refractivity contribution in [3.05, 3.63) is 23.6 Å². The van der Waals surface area contributed by atoms with Gasteiger partial charge in [-0.25, -0.2) is 14.2 Å². The van der Waals surface area contributed by atoms with Crippen LogP contribution in [0, 0.1) is 5.82 Å². The van der Waals surface area contributed by atoms with E-state index < -0.39 is 11.8 Å². The summed E-state index contributed by atoms with van der Waals surface area (Å²) in [5.74, 6) is -1.36. The van der Waals surface area contributed by atoms with Crippen LogP contribution in [0.2, 0.25) is 0 Å². The van der Waals surface area contributed by atoms with Gasteiger partial charge in [-0.05, 0) is 25.8 Å². The summed E-state index contributed by atoms with van der Waals surface area (Å²) >= 11 is 0. The highest BCUT2D eigenvalue weighted by Crippen LogP contribution is 2.29. The lowest BCUT2D eigenvalue weighted by Crippen LogP contribution is -2.35. The Morgan fingerprint density at radius 1 is 1.56 bits per heavy atom. The summed E-state index contributed by atoms with van der Waals surface area (Å²) in [5.41, 5.74) is -0.0521. The van der Waals surface area contributed by atoms with Crippen molar-refractivity contribution in [3.8, 4) is 0 Å². The van der Waals surface area contributed by atoms with Gasteiger partial charge in [-0.1, -0.05) is 12.8 Å². The van der Waals surface area contributed by atoms with Gasteiger partial charge in [-0.2, -0.15) is 0 Å². The Hall–Kier alpha value is -1.65. The van der Waals surface area contributed by atoms with Crippen molar-refractivity contribution in [3.63, 3.8) is 0 Å². The first-order chi connectivity index (χ1) is 8.63. The summed E-state index contributed by atoms with van der Waals surface area (Å²) in [6.07, 6.45) is 5.49. The van der Waals surface area contributed by atoms with E-state index >= 15 is 0 Å². The lowest BCUT2D eigenvalue weighted by atomic mass is 10.1. The summed E-state index contributed by atoms with van der Waals surface area (Å²) in [6, 6.07) is 1.37. The molecule has 0 aliphatic heterocycles. The maximum absolute atomic E-state index is 13.1. The normalized spacial score (nSPS) is 15.9. The highest BCUT2D eigenvalue weighted by molar-refractivity contribution is 5.93. The number of hydrogen-bond acceptors (Lipinski definition) is 3. The zero-order valence-corrected chi connectivity index (χ0v) is 10.4. The number of nitrogens with zero attached hydrogens (tertiary/aromatic N) is 2. The number of halogens is 1. The second-order valence-electron chi connectivity index (χ2n) is 4.55. The highest BCUT2D eigenvalue weighted by Gasteiger charge is 2.26. The van der Waals surface area contributed by atoms with E-state index in [0.29, 0.717) is 18.4 Å². The van der Waals surface area contributed by atoms with Gasteiger partial charge in [-0.15, -0.1) is 0 Å². The Morgan fingerprint density at radius 2 is 2.22 bits per heavy atom. The zero-order valence-electron chi connectivity index (χ0n) is 10.4. The van der Waals surface area contributed by atoms with E-state index in [1.165, 1.54) is 0 Å². The van der Waals surface area contributed by atoms with Crippen molar-refractivity contribution in [2.75, 3.05) is 11.4 Å². The molecule has 1 aromatic heterocycles. The molecule has 1 fully saturated rings. The number of carboxylic acid groups (broad SMARTS) is 1. The van der Waals surface area contributed by atoms with Gasteiger partial charge in [-0.3, -0.25) is 0 Å². The van der Waals surface area contributed by atoms with Crippen molar-refractivity contribution >= 4 is 11.8 Å². The fourth-order valence-corrected chi connectivity index (χ4v) is 2.62. The standard InChI is InChI=1S/C13H17FN2O2/c1-2-16(10-5-3-4-6-10)12-11(13(17)18)7-9(14)8-15-12/h7-8,10H,2-6H2,1H3,(H,17,18). The number of rotatable bonds is 4. The van der Waals surface area contributed by atoms with Crippen molar-refractivity contribution < 1.29 is 14.3 Å². The van der Waals surface area contributed by atoms with Gasteiger partial charge in [0.2, 0.25) is 0 Å². The van der Waals surface area contributed by atoms with Gasteiger partial charge in [0.15, 0.2) is 0 Å². The maximum Gasteiger partial charge on any atom is 0.339 e. The average Bonchev–Trinajstić information content (AvgIpc) is 2.85. The molecule has 4 nitrogen and oxygen atoms in total. The van der Waals surface area contributed by atoms with Gasteiger partial charge in [0.05, 0.1) is 6.20 Å². The quantitative estimate of drug-likeness (QED) is 0.895. The molecule has 0 bridgehead atoms. The number of aromatic nitrogens is 1. The molecule has 1 aliphatic carbocycles. The molecule has 1 aromatic rings. The molecule has 0 saturated heterocycles. The third-order valence-electron chi connectivity index (χ3n) is 3.44. The number of hydrogen-bond donors (Lipinski definition) is 1. The Labute approximate surface area is 105 Å². The Morgan fingerprint density at radius 3 is 2.78 bits per heavy atom. The van der Waals surface area contributed by atoms with E-state index in [4.69, 9.17) is 5.11 Å². The number of carboxylic acids is 1. The molecule has 0 amide bonds. The van der Waals surface area contributed by atoms with Crippen LogP contribution in [-0.2, 0) is 0 Å². The molecule has 0 spiro atoms. The molecule has 18 heavy (non-hydrogen) atoms. The minimum Gasteiger partial charge on any atom is -0.478 e. The number of aromatic carboxylic acids is 1. The second-order valence-corrected chi connectivity index (χ2v) is 4.55. The predicted molar refractivity (Wildman–Crippen MR) is 66.4 cm³/mol. The minimum atomic E-state index is -1.13. The molecule has 1 N–H and O–H groups in total. The molecule has 0 atom stereocenters. The van der Waals surface area contributed by atoms with Gasteiger partial charge in [0.25, 0.3) is 0 Å². The topological polar surface area (TPSA) is 53.4 Å². The van der Waals surface area contributed by atoms with Crippen LogP contribution in [0.25, 0.3) is 0 Å². The first kappa shape index (κ1) is 12.8. The lowest BCUT2D eigenvalue weighted by molar-refractivity contribution is 0.0696. The monoisotopic (exact) mass is 252 g/mol. The van der Waals surface area contributed by atoms with Crippen LogP contribution in [-0.4, -0.2) is 28.6 Å². The minimum absolute atomic E-state index is 0.0521. The fraction of sp³-hybridized carbons (Fsp3) is 0.538. The smallest absolute Gasteiger partial charge is 0.339 e. The fourth-order valence-electron chi connectivity index (χ4n) is 2.62. The summed E-state index contributed by atoms with van der Waals surface area (Å²) in [7, 11) is 0. The Balaban J connectivity index is 2.37. The molecular weight excluding hydrogens is 235 g/mol. The highest BCUT2D eigenvalue weighted by atomic mass is 19.1. The SMILES string of the molecule is CCN(c1ncc(F)cc1C(=O)O)C1CCCC1. The van der Waals surface area contributed by atoms with Gasteiger partial charge >= 0.3 is 5.97 Å². The van der Waals surface area contributed by atoms with Crippen molar-refractivity contribution in [1.29, 1.82) is 0 Å². The molecule has 0 unspecified atom stereocenters. The molecule has 1 aliphatic rings. The van der Waals surface area contributed by atoms with Gasteiger partial charge in [0.1, 0.15) is 17.2 Å². The van der Waals surface area contributed by atoms with Crippen molar-refractivity contribution in [1.82, 2.24) is 4.98 Å². The van der Waals surface area contributed by atoms with E-state index in [0.717, 1.165) is 37.9 Å². The third kappa shape index (κ3) is 2.44. The molecule has 0 radical (unpaired) electrons. The van der Waals surface area contributed by atoms with Gasteiger partial charge < -0.3 is 10.0 Å². The van der Waals surface area contributed by atoms with Crippen LogP contribution in [0.15, 0.2) is 12.3 Å². The Bertz CT molecular complexity index is 445. The van der Waals surface area contributed by atoms with Crippen molar-refractivity contribution in [2.24, 2.45) is 0 Å². The average molecular weight is 252 g/mol. The number of anilines is 1. The molecule has 98 valence electrons. The van der Waals surface area contributed by atoms with Crippen LogP contribution < -0.4 is 4.90 Å². The molecule has 1 saturated carbocycles. The van der Waals surface area contributed by atoms with Crippen LogP contribution in [0.4, 0.5) is 10.2 Å². The number of pyridine rings is 1. The first-order valence-electron chi connectivity index (χ1n) is 6.29. The largest absolute Gasteiger partial charge is 0.478 e. The Kier molecular flexibility index (Phi) is 3.79. The second kappa shape index (κ2) is 5.33. The molecular formula is C13H17FN2O2. The third-order valence-corrected chi connectivity index (χ3v) is 3.44. The molecule has 1 heterocycles. The van der Waals surface area contributed by atoms with Crippen LogP contribution in [0.3, 0.4) is 0 Å². The number of carbonyl (C=O) groups is 1. The van der Waals surface area contributed by atoms with Crippen LogP contribution in [0.5, 0.6) is 0 Å². The van der Waals surface area contributed by atoms with E-state index in [1.807, 2.05) is 11.8 Å². The van der Waals surface area contributed by atoms with Crippen LogP contribution in [0.1, 0.15) is 43.0 Å². The summed E-state index contributed by atoms with van der Waals surface area (Å²) in [6.45, 7) is 2.65. The van der Waals surface area contributed by atoms with E-state index in [2.05, 4.69) is 4.98 Å². The van der Waals surface area contributed by atoms with Gasteiger partial charge in [0, 0.05) is 12.6 Å². The zero-order chi connectivity index (χ0) is 13.1. The molecule has 5 heteroatoms. The molecule has 2 rings (SSSR count). The lowest BCUT2D eigenvalue weighted by Gasteiger charge is -2.29. The van der Waals surface area contributed by atoms with Crippen LogP contribution >= 0.6 is 0 Å². The summed E-state index contributed by atoms with van der Waals surface area (Å²) in [5, 5.41) is 9.14. The maximum atomic E-state index is 13.1. The summed E-state index contributed by atoms with van der Waals surface area (Å²) < 4.78 is 13.1. The molecule has 0 aromatic carbocycles. The van der Waals surface area contributed by atoms with E-state index in [9.17, 15) is 9.18 Å². The van der Waals surface area contributed by atoms with Crippen molar-refractivity contribution in [2.45, 2.75) is 38.6 Å².